The topological polar surface area (TPSA) is 66.5 Å². The van der Waals surface area contributed by atoms with Crippen molar-refractivity contribution in [2.24, 2.45) is 22.7 Å². The Morgan fingerprint density at radius 3 is 2.10 bits per heavy atom. The van der Waals surface area contributed by atoms with Crippen molar-refractivity contribution in [3.05, 3.63) is 28.8 Å². The molecule has 3 fully saturated rings. The van der Waals surface area contributed by atoms with Crippen LogP contribution in [-0.2, 0) is 14.8 Å². The van der Waals surface area contributed by atoms with Crippen LogP contribution in [-0.4, -0.2) is 37.8 Å². The van der Waals surface area contributed by atoms with E-state index in [4.69, 9.17) is 0 Å². The van der Waals surface area contributed by atoms with Gasteiger partial charge in [-0.05, 0) is 80.8 Å². The molecule has 1 aromatic carbocycles. The van der Waals surface area contributed by atoms with E-state index in [0.717, 1.165) is 23.1 Å². The molecule has 1 N–H and O–H groups in total. The molecule has 31 heavy (non-hydrogen) atoms. The minimum atomic E-state index is -3.54. The number of hydrogen-bond acceptors (Lipinski definition) is 3. The van der Waals surface area contributed by atoms with Gasteiger partial charge in [-0.25, -0.2) is 8.42 Å². The van der Waals surface area contributed by atoms with Crippen molar-refractivity contribution >= 4 is 15.9 Å². The van der Waals surface area contributed by atoms with E-state index in [1.54, 1.807) is 4.31 Å². The second-order valence-electron chi connectivity index (χ2n) is 11.1. The maximum Gasteiger partial charge on any atom is 0.243 e. The second kappa shape index (κ2) is 7.58. The standard InChI is InChI=1S/C25H38N2O3S/c1-16-13-17(2)22(18(3)14-16)31(29,30)27-11-8-19(9-12-27)23(28)26-21-15-20-7-10-25(21,6)24(20,4)5/h13-14,19-21H,7-12,15H2,1-6H3,(H,26,28). The number of rotatable bonds is 4. The molecule has 1 heterocycles. The van der Waals surface area contributed by atoms with Gasteiger partial charge in [0.15, 0.2) is 0 Å². The quantitative estimate of drug-likeness (QED) is 0.748. The van der Waals surface area contributed by atoms with Gasteiger partial charge in [0.1, 0.15) is 0 Å². The predicted molar refractivity (Wildman–Crippen MR) is 123 cm³/mol. The van der Waals surface area contributed by atoms with E-state index in [-0.39, 0.29) is 28.7 Å². The zero-order chi connectivity index (χ0) is 22.8. The highest BCUT2D eigenvalue weighted by Gasteiger charge is 2.61. The third-order valence-corrected chi connectivity index (χ3v) is 11.3. The average molecular weight is 447 g/mol. The Balaban J connectivity index is 1.41. The van der Waals surface area contributed by atoms with Gasteiger partial charge in [0, 0.05) is 25.0 Å². The molecule has 2 aliphatic carbocycles. The minimum Gasteiger partial charge on any atom is -0.353 e. The first-order valence-electron chi connectivity index (χ1n) is 11.8. The molecule has 3 unspecified atom stereocenters. The molecule has 0 aromatic heterocycles. The summed E-state index contributed by atoms with van der Waals surface area (Å²) >= 11 is 0. The second-order valence-corrected chi connectivity index (χ2v) is 13.0. The smallest absolute Gasteiger partial charge is 0.243 e. The summed E-state index contributed by atoms with van der Waals surface area (Å²) in [6.45, 7) is 13.6. The lowest BCUT2D eigenvalue weighted by molar-refractivity contribution is -0.127. The molecule has 1 aromatic rings. The first-order valence-corrected chi connectivity index (χ1v) is 13.2. The molecule has 3 aliphatic rings. The van der Waals surface area contributed by atoms with E-state index in [2.05, 4.69) is 26.1 Å². The maximum atomic E-state index is 13.3. The van der Waals surface area contributed by atoms with E-state index in [1.807, 2.05) is 32.9 Å². The number of nitrogens with one attached hydrogen (secondary N) is 1. The van der Waals surface area contributed by atoms with Crippen LogP contribution in [0.15, 0.2) is 17.0 Å². The highest BCUT2D eigenvalue weighted by Crippen LogP contribution is 2.65. The fourth-order valence-corrected chi connectivity index (χ4v) is 8.65. The molecule has 6 heteroatoms. The summed E-state index contributed by atoms with van der Waals surface area (Å²) in [5, 5.41) is 3.38. The molecule has 0 spiro atoms. The molecule has 2 saturated carbocycles. The normalized spacial score (nSPS) is 31.2. The van der Waals surface area contributed by atoms with E-state index in [0.29, 0.717) is 36.7 Å². The van der Waals surface area contributed by atoms with Crippen LogP contribution in [0.1, 0.15) is 69.6 Å². The van der Waals surface area contributed by atoms with Crippen LogP contribution in [0.3, 0.4) is 0 Å². The average Bonchev–Trinajstić information content (AvgIpc) is 3.00. The SMILES string of the molecule is Cc1cc(C)c(S(=O)(=O)N2CCC(C(=O)NC3CC4CCC3(C)C4(C)C)CC2)c(C)c1. The fourth-order valence-electron chi connectivity index (χ4n) is 6.77. The number of aryl methyl sites for hydroxylation is 3. The zero-order valence-corrected chi connectivity index (χ0v) is 20.7. The Hall–Kier alpha value is -1.40. The van der Waals surface area contributed by atoms with Crippen LogP contribution < -0.4 is 5.32 Å². The van der Waals surface area contributed by atoms with Gasteiger partial charge in [0.25, 0.3) is 0 Å². The lowest BCUT2D eigenvalue weighted by Gasteiger charge is -2.40. The van der Waals surface area contributed by atoms with E-state index >= 15 is 0 Å². The fraction of sp³-hybridized carbons (Fsp3) is 0.720. The molecular weight excluding hydrogens is 408 g/mol. The first kappa shape index (κ1) is 22.8. The molecule has 2 bridgehead atoms. The first-order chi connectivity index (χ1) is 14.4. The molecule has 4 rings (SSSR count). The number of nitrogens with zero attached hydrogens (tertiary/aromatic N) is 1. The summed E-state index contributed by atoms with van der Waals surface area (Å²) in [7, 11) is -3.54. The number of benzene rings is 1. The molecule has 1 saturated heterocycles. The Morgan fingerprint density at radius 1 is 1.03 bits per heavy atom. The van der Waals surface area contributed by atoms with Crippen LogP contribution in [0.25, 0.3) is 0 Å². The van der Waals surface area contributed by atoms with Gasteiger partial charge in [-0.1, -0.05) is 38.5 Å². The summed E-state index contributed by atoms with van der Waals surface area (Å²) in [5.41, 5.74) is 3.10. The number of carbonyl (C=O) groups excluding carboxylic acids is 1. The molecule has 1 amide bonds. The number of piperidine rings is 1. The van der Waals surface area contributed by atoms with E-state index in [1.165, 1.54) is 12.8 Å². The van der Waals surface area contributed by atoms with Crippen LogP contribution in [0.4, 0.5) is 0 Å². The Kier molecular flexibility index (Phi) is 5.57. The third kappa shape index (κ3) is 3.54. The Morgan fingerprint density at radius 2 is 1.61 bits per heavy atom. The monoisotopic (exact) mass is 446 g/mol. The van der Waals surface area contributed by atoms with Crippen molar-refractivity contribution in [3.63, 3.8) is 0 Å². The summed E-state index contributed by atoms with van der Waals surface area (Å²) < 4.78 is 28.2. The van der Waals surface area contributed by atoms with Crippen LogP contribution in [0.2, 0.25) is 0 Å². The van der Waals surface area contributed by atoms with E-state index < -0.39 is 10.0 Å². The van der Waals surface area contributed by atoms with Crippen molar-refractivity contribution in [1.82, 2.24) is 9.62 Å². The van der Waals surface area contributed by atoms with Gasteiger partial charge in [0.2, 0.25) is 15.9 Å². The van der Waals surface area contributed by atoms with Crippen molar-refractivity contribution in [3.8, 4) is 0 Å². The number of hydrogen-bond donors (Lipinski definition) is 1. The van der Waals surface area contributed by atoms with Crippen LogP contribution in [0.5, 0.6) is 0 Å². The van der Waals surface area contributed by atoms with Crippen LogP contribution in [0, 0.1) is 43.4 Å². The van der Waals surface area contributed by atoms with Gasteiger partial charge in [-0.3, -0.25) is 4.79 Å². The molecule has 1 aliphatic heterocycles. The molecule has 0 radical (unpaired) electrons. The summed E-state index contributed by atoms with van der Waals surface area (Å²) in [6.07, 6.45) is 4.70. The minimum absolute atomic E-state index is 0.0995. The molecule has 172 valence electrons. The van der Waals surface area contributed by atoms with E-state index in [9.17, 15) is 13.2 Å². The van der Waals surface area contributed by atoms with Crippen LogP contribution >= 0.6 is 0 Å². The number of carbonyl (C=O) groups is 1. The van der Waals surface area contributed by atoms with Crippen molar-refractivity contribution in [2.45, 2.75) is 84.6 Å². The Labute approximate surface area is 188 Å². The van der Waals surface area contributed by atoms with Gasteiger partial charge in [-0.15, -0.1) is 0 Å². The lowest BCUT2D eigenvalue weighted by atomic mass is 9.69. The highest BCUT2D eigenvalue weighted by atomic mass is 32.2. The number of amides is 1. The summed E-state index contributed by atoms with van der Waals surface area (Å²) in [4.78, 5) is 13.5. The summed E-state index contributed by atoms with van der Waals surface area (Å²) in [6, 6.07) is 4.10. The largest absolute Gasteiger partial charge is 0.353 e. The number of fused-ring (bicyclic) bond motifs is 2. The molecular formula is C25H38N2O3S. The van der Waals surface area contributed by atoms with Gasteiger partial charge >= 0.3 is 0 Å². The Bertz CT molecular complexity index is 969. The van der Waals surface area contributed by atoms with Gasteiger partial charge in [0.05, 0.1) is 4.90 Å². The third-order valence-electron chi connectivity index (χ3n) is 9.14. The molecule has 5 nitrogen and oxygen atoms in total. The highest BCUT2D eigenvalue weighted by molar-refractivity contribution is 7.89. The lowest BCUT2D eigenvalue weighted by Crippen LogP contribution is -2.50. The number of sulfonamides is 1. The van der Waals surface area contributed by atoms with Crippen molar-refractivity contribution in [1.29, 1.82) is 0 Å². The predicted octanol–water partition coefficient (Wildman–Crippen LogP) is 4.34. The van der Waals surface area contributed by atoms with Gasteiger partial charge < -0.3 is 5.32 Å². The van der Waals surface area contributed by atoms with Crippen molar-refractivity contribution in [2.75, 3.05) is 13.1 Å². The van der Waals surface area contributed by atoms with Gasteiger partial charge in [-0.2, -0.15) is 4.31 Å². The zero-order valence-electron chi connectivity index (χ0n) is 19.9. The summed E-state index contributed by atoms with van der Waals surface area (Å²) in [5.74, 6) is 0.711. The maximum absolute atomic E-state index is 13.3. The van der Waals surface area contributed by atoms with Crippen molar-refractivity contribution < 1.29 is 13.2 Å². The molecule has 3 atom stereocenters.